The highest BCUT2D eigenvalue weighted by Crippen LogP contribution is 2.36. The zero-order chi connectivity index (χ0) is 15.0. The van der Waals surface area contributed by atoms with Crippen molar-refractivity contribution in [3.63, 3.8) is 0 Å². The van der Waals surface area contributed by atoms with Gasteiger partial charge in [0.2, 0.25) is 5.78 Å². The summed E-state index contributed by atoms with van der Waals surface area (Å²) in [5.74, 6) is -2.48. The minimum Gasteiger partial charge on any atom is -0.390 e. The number of ketones is 1. The predicted molar refractivity (Wildman–Crippen MR) is 76.5 cm³/mol. The molecule has 110 valence electrons. The number of hydrogen-bond donors (Lipinski definition) is 1. The van der Waals surface area contributed by atoms with Gasteiger partial charge >= 0.3 is 0 Å². The molecule has 0 saturated heterocycles. The smallest absolute Gasteiger partial charge is 0.202 e. The van der Waals surface area contributed by atoms with Crippen molar-refractivity contribution in [3.05, 3.63) is 51.4 Å². The van der Waals surface area contributed by atoms with Gasteiger partial charge in [0.05, 0.1) is 22.7 Å². The van der Waals surface area contributed by atoms with E-state index in [9.17, 15) is 13.6 Å². The molecule has 0 unspecified atom stereocenters. The molecule has 3 nitrogen and oxygen atoms in total. The standard InChI is InChI=1S/C15H13F2NO2S/c16-9-3-1-4-10(17)13(9)14(19)12-8-7-20-6-2-5-11(8)21-15(12)18/h1,3-4H,2,5-7,18H2. The van der Waals surface area contributed by atoms with Crippen LogP contribution in [0, 0.1) is 11.6 Å². The molecule has 21 heavy (non-hydrogen) atoms. The third kappa shape index (κ3) is 2.45. The summed E-state index contributed by atoms with van der Waals surface area (Å²) in [7, 11) is 0. The quantitative estimate of drug-likeness (QED) is 0.866. The van der Waals surface area contributed by atoms with Crippen LogP contribution >= 0.6 is 11.3 Å². The lowest BCUT2D eigenvalue weighted by Gasteiger charge is -2.07. The SMILES string of the molecule is Nc1sc2c(c1C(=O)c1c(F)cccc1F)COCCC2. The lowest BCUT2D eigenvalue weighted by Crippen LogP contribution is -2.11. The Labute approximate surface area is 124 Å². The molecule has 0 amide bonds. The van der Waals surface area contributed by atoms with Crippen LogP contribution in [0.15, 0.2) is 18.2 Å². The molecule has 1 aliphatic heterocycles. The summed E-state index contributed by atoms with van der Waals surface area (Å²) in [6.45, 7) is 0.850. The van der Waals surface area contributed by atoms with Crippen LogP contribution in [-0.4, -0.2) is 12.4 Å². The molecule has 3 rings (SSSR count). The number of anilines is 1. The van der Waals surface area contributed by atoms with E-state index in [4.69, 9.17) is 10.5 Å². The number of fused-ring (bicyclic) bond motifs is 1. The summed E-state index contributed by atoms with van der Waals surface area (Å²) >= 11 is 1.30. The number of carbonyl (C=O) groups is 1. The second-order valence-electron chi connectivity index (χ2n) is 4.82. The number of benzene rings is 1. The molecule has 0 radical (unpaired) electrons. The van der Waals surface area contributed by atoms with Gasteiger partial charge in [-0.1, -0.05) is 6.07 Å². The number of rotatable bonds is 2. The average Bonchev–Trinajstić information content (AvgIpc) is 2.59. The second-order valence-corrected chi connectivity index (χ2v) is 5.96. The third-order valence-corrected chi connectivity index (χ3v) is 4.59. The van der Waals surface area contributed by atoms with Crippen LogP contribution in [0.4, 0.5) is 13.8 Å². The Morgan fingerprint density at radius 3 is 2.67 bits per heavy atom. The summed E-state index contributed by atoms with van der Waals surface area (Å²) < 4.78 is 33.0. The maximum absolute atomic E-state index is 13.8. The van der Waals surface area contributed by atoms with Crippen LogP contribution in [0.25, 0.3) is 0 Å². The van der Waals surface area contributed by atoms with Gasteiger partial charge in [-0.15, -0.1) is 11.3 Å². The molecule has 2 aromatic rings. The van der Waals surface area contributed by atoms with Crippen LogP contribution in [0.1, 0.15) is 32.8 Å². The Morgan fingerprint density at radius 1 is 1.24 bits per heavy atom. The van der Waals surface area contributed by atoms with Crippen molar-refractivity contribution in [3.8, 4) is 0 Å². The van der Waals surface area contributed by atoms with Gasteiger partial charge in [0.1, 0.15) is 11.6 Å². The monoisotopic (exact) mass is 309 g/mol. The van der Waals surface area contributed by atoms with Crippen molar-refractivity contribution in [1.82, 2.24) is 0 Å². The molecule has 0 fully saturated rings. The first-order chi connectivity index (χ1) is 10.1. The van der Waals surface area contributed by atoms with Gasteiger partial charge in [-0.3, -0.25) is 4.79 Å². The fraction of sp³-hybridized carbons (Fsp3) is 0.267. The predicted octanol–water partition coefficient (Wildman–Crippen LogP) is 3.30. The molecule has 6 heteroatoms. The van der Waals surface area contributed by atoms with E-state index in [2.05, 4.69) is 0 Å². The normalized spacial score (nSPS) is 14.6. The highest BCUT2D eigenvalue weighted by molar-refractivity contribution is 7.16. The molecule has 0 atom stereocenters. The van der Waals surface area contributed by atoms with E-state index in [1.165, 1.54) is 17.4 Å². The largest absolute Gasteiger partial charge is 0.390 e. The summed E-state index contributed by atoms with van der Waals surface area (Å²) in [5.41, 5.74) is 6.20. The minimum absolute atomic E-state index is 0.181. The number of aryl methyl sites for hydroxylation is 1. The first-order valence-electron chi connectivity index (χ1n) is 6.56. The van der Waals surface area contributed by atoms with E-state index in [0.29, 0.717) is 12.2 Å². The average molecular weight is 309 g/mol. The summed E-state index contributed by atoms with van der Waals surface area (Å²) in [6, 6.07) is 3.35. The molecule has 2 heterocycles. The highest BCUT2D eigenvalue weighted by Gasteiger charge is 2.28. The van der Waals surface area contributed by atoms with Crippen LogP contribution in [-0.2, 0) is 17.8 Å². The van der Waals surface area contributed by atoms with Crippen molar-refractivity contribution in [2.24, 2.45) is 0 Å². The number of hydrogen-bond acceptors (Lipinski definition) is 4. The Hall–Kier alpha value is -1.79. The van der Waals surface area contributed by atoms with Gasteiger partial charge in [0.25, 0.3) is 0 Å². The van der Waals surface area contributed by atoms with E-state index in [1.54, 1.807) is 0 Å². The molecule has 1 aromatic heterocycles. The Balaban J connectivity index is 2.12. The van der Waals surface area contributed by atoms with Crippen molar-refractivity contribution in [2.75, 3.05) is 12.3 Å². The molecular weight excluding hydrogens is 296 g/mol. The number of halogens is 2. The lowest BCUT2D eigenvalue weighted by atomic mass is 9.99. The summed E-state index contributed by atoms with van der Waals surface area (Å²) in [4.78, 5) is 13.5. The molecule has 2 N–H and O–H groups in total. The first kappa shape index (κ1) is 14.2. The second kappa shape index (κ2) is 5.54. The van der Waals surface area contributed by atoms with Gasteiger partial charge < -0.3 is 10.5 Å². The van der Waals surface area contributed by atoms with Crippen molar-refractivity contribution in [1.29, 1.82) is 0 Å². The molecule has 0 saturated carbocycles. The number of ether oxygens (including phenoxy) is 1. The van der Waals surface area contributed by atoms with Gasteiger partial charge in [0, 0.05) is 17.0 Å². The lowest BCUT2D eigenvalue weighted by molar-refractivity contribution is 0.101. The third-order valence-electron chi connectivity index (χ3n) is 3.47. The van der Waals surface area contributed by atoms with Crippen LogP contribution in [0.5, 0.6) is 0 Å². The highest BCUT2D eigenvalue weighted by atomic mass is 32.1. The van der Waals surface area contributed by atoms with E-state index >= 15 is 0 Å². The number of carbonyl (C=O) groups excluding carboxylic acids is 1. The summed E-state index contributed by atoms with van der Waals surface area (Å²) in [6.07, 6.45) is 1.60. The number of nitrogen functional groups attached to an aromatic ring is 1. The van der Waals surface area contributed by atoms with Gasteiger partial charge in [-0.2, -0.15) is 0 Å². The molecule has 0 bridgehead atoms. The van der Waals surface area contributed by atoms with Gasteiger partial charge in [-0.05, 0) is 25.0 Å². The van der Waals surface area contributed by atoms with E-state index in [0.717, 1.165) is 29.9 Å². The first-order valence-corrected chi connectivity index (χ1v) is 7.37. The Morgan fingerprint density at radius 2 is 1.95 bits per heavy atom. The maximum atomic E-state index is 13.8. The van der Waals surface area contributed by atoms with Crippen LogP contribution < -0.4 is 5.73 Å². The maximum Gasteiger partial charge on any atom is 0.202 e. The van der Waals surface area contributed by atoms with Crippen molar-refractivity contribution in [2.45, 2.75) is 19.4 Å². The Bertz CT molecular complexity index is 692. The topological polar surface area (TPSA) is 52.3 Å². The van der Waals surface area contributed by atoms with E-state index in [1.807, 2.05) is 0 Å². The molecular formula is C15H13F2NO2S. The zero-order valence-electron chi connectivity index (χ0n) is 11.1. The van der Waals surface area contributed by atoms with Crippen LogP contribution in [0.2, 0.25) is 0 Å². The Kier molecular flexibility index (Phi) is 3.73. The number of nitrogens with two attached hydrogens (primary N) is 1. The van der Waals surface area contributed by atoms with E-state index in [-0.39, 0.29) is 17.2 Å². The van der Waals surface area contributed by atoms with Gasteiger partial charge in [-0.25, -0.2) is 8.78 Å². The van der Waals surface area contributed by atoms with Gasteiger partial charge in [0.15, 0.2) is 0 Å². The molecule has 0 spiro atoms. The van der Waals surface area contributed by atoms with Crippen LogP contribution in [0.3, 0.4) is 0 Å². The van der Waals surface area contributed by atoms with E-state index < -0.39 is 23.0 Å². The minimum atomic E-state index is -0.881. The van der Waals surface area contributed by atoms with Crippen molar-refractivity contribution < 1.29 is 18.3 Å². The fourth-order valence-corrected chi connectivity index (χ4v) is 3.60. The van der Waals surface area contributed by atoms with Crippen molar-refractivity contribution >= 4 is 22.1 Å². The molecule has 1 aromatic carbocycles. The molecule has 1 aliphatic rings. The zero-order valence-corrected chi connectivity index (χ0v) is 11.9. The number of thiophene rings is 1. The molecule has 0 aliphatic carbocycles. The summed E-state index contributed by atoms with van der Waals surface area (Å²) in [5, 5.41) is 0.290. The fourth-order valence-electron chi connectivity index (χ4n) is 2.49.